The van der Waals surface area contributed by atoms with Crippen LogP contribution in [0.15, 0.2) is 28.7 Å². The highest BCUT2D eigenvalue weighted by Gasteiger charge is 2.07. The summed E-state index contributed by atoms with van der Waals surface area (Å²) in [6, 6.07) is 7.75. The molecule has 0 spiro atoms. The third kappa shape index (κ3) is 3.79. The van der Waals surface area contributed by atoms with Crippen molar-refractivity contribution in [3.8, 4) is 23.3 Å². The van der Waals surface area contributed by atoms with Crippen LogP contribution in [0.25, 0.3) is 11.5 Å². The zero-order chi connectivity index (χ0) is 14.5. The van der Waals surface area contributed by atoms with Crippen LogP contribution in [0.1, 0.15) is 5.56 Å². The molecule has 1 saturated heterocycles. The summed E-state index contributed by atoms with van der Waals surface area (Å²) >= 11 is 4.86. The molecule has 6 heteroatoms. The zero-order valence-electron chi connectivity index (χ0n) is 11.5. The molecule has 1 aliphatic rings. The molecule has 0 atom stereocenters. The van der Waals surface area contributed by atoms with Gasteiger partial charge in [0.1, 0.15) is 0 Å². The topological polar surface area (TPSA) is 54.3 Å². The van der Waals surface area contributed by atoms with Gasteiger partial charge in [-0.25, -0.2) is 5.10 Å². The summed E-state index contributed by atoms with van der Waals surface area (Å²) in [6.45, 7) is 4.29. The molecule has 1 aromatic carbocycles. The van der Waals surface area contributed by atoms with E-state index in [0.717, 1.165) is 44.0 Å². The fourth-order valence-electron chi connectivity index (χ4n) is 2.06. The number of aromatic nitrogens is 2. The molecule has 0 saturated carbocycles. The summed E-state index contributed by atoms with van der Waals surface area (Å²) in [6.07, 6.45) is 0. The summed E-state index contributed by atoms with van der Waals surface area (Å²) in [5, 5.41) is 6.60. The predicted molar refractivity (Wildman–Crippen MR) is 81.3 cm³/mol. The van der Waals surface area contributed by atoms with Crippen molar-refractivity contribution >= 4 is 12.2 Å². The second-order valence-electron chi connectivity index (χ2n) is 4.69. The molecule has 2 heterocycles. The maximum Gasteiger partial charge on any atom is 0.284 e. The van der Waals surface area contributed by atoms with Gasteiger partial charge in [-0.2, -0.15) is 0 Å². The molecule has 0 amide bonds. The number of H-pyrrole nitrogens is 1. The van der Waals surface area contributed by atoms with E-state index in [1.165, 1.54) is 0 Å². The summed E-state index contributed by atoms with van der Waals surface area (Å²) in [5.41, 5.74) is 1.85. The molecule has 1 fully saturated rings. The predicted octanol–water partition coefficient (Wildman–Crippen LogP) is 2.08. The lowest BCUT2D eigenvalue weighted by molar-refractivity contribution is 0.0443. The molecule has 1 N–H and O–H groups in total. The highest BCUT2D eigenvalue weighted by Crippen LogP contribution is 2.16. The normalized spacial score (nSPS) is 15.4. The van der Waals surface area contributed by atoms with Gasteiger partial charge >= 0.3 is 0 Å². The maximum atomic E-state index is 5.31. The Morgan fingerprint density at radius 1 is 1.24 bits per heavy atom. The number of rotatable bonds is 2. The SMILES string of the molecule is S=c1[nH]nc(-c2ccc(C#CCN3CCOCC3)cc2)o1. The Morgan fingerprint density at radius 3 is 2.67 bits per heavy atom. The van der Waals surface area contributed by atoms with Crippen LogP contribution >= 0.6 is 12.2 Å². The molecule has 0 aliphatic carbocycles. The minimum Gasteiger partial charge on any atom is -0.409 e. The molecule has 2 aromatic rings. The van der Waals surface area contributed by atoms with Crippen LogP contribution in [0.4, 0.5) is 0 Å². The molecule has 108 valence electrons. The average Bonchev–Trinajstić information content (AvgIpc) is 2.96. The van der Waals surface area contributed by atoms with Crippen molar-refractivity contribution in [3.05, 3.63) is 34.7 Å². The lowest BCUT2D eigenvalue weighted by atomic mass is 10.1. The fraction of sp³-hybridized carbons (Fsp3) is 0.333. The van der Waals surface area contributed by atoms with Crippen molar-refractivity contribution in [3.63, 3.8) is 0 Å². The van der Waals surface area contributed by atoms with Crippen molar-refractivity contribution in [1.29, 1.82) is 0 Å². The molecule has 21 heavy (non-hydrogen) atoms. The fourth-order valence-corrected chi connectivity index (χ4v) is 2.19. The Balaban J connectivity index is 1.63. The molecule has 1 aliphatic heterocycles. The van der Waals surface area contributed by atoms with Gasteiger partial charge in [0.05, 0.1) is 19.8 Å². The molecule has 3 rings (SSSR count). The second-order valence-corrected chi connectivity index (χ2v) is 5.06. The summed E-state index contributed by atoms with van der Waals surface area (Å²) < 4.78 is 10.6. The van der Waals surface area contributed by atoms with Crippen LogP contribution < -0.4 is 0 Å². The smallest absolute Gasteiger partial charge is 0.284 e. The molecule has 0 radical (unpaired) electrons. The summed E-state index contributed by atoms with van der Waals surface area (Å²) in [7, 11) is 0. The number of morpholine rings is 1. The van der Waals surface area contributed by atoms with E-state index in [2.05, 4.69) is 26.9 Å². The van der Waals surface area contributed by atoms with Gasteiger partial charge in [-0.15, -0.1) is 5.10 Å². The monoisotopic (exact) mass is 301 g/mol. The van der Waals surface area contributed by atoms with Gasteiger partial charge in [-0.1, -0.05) is 11.8 Å². The van der Waals surface area contributed by atoms with Gasteiger partial charge in [0, 0.05) is 24.2 Å². The van der Waals surface area contributed by atoms with Crippen molar-refractivity contribution < 1.29 is 9.15 Å². The van der Waals surface area contributed by atoms with E-state index in [9.17, 15) is 0 Å². The first kappa shape index (κ1) is 14.0. The molecular formula is C15H15N3O2S. The van der Waals surface area contributed by atoms with Crippen LogP contribution in [0.2, 0.25) is 0 Å². The van der Waals surface area contributed by atoms with Gasteiger partial charge in [-0.3, -0.25) is 4.90 Å². The Kier molecular flexibility index (Phi) is 4.46. The number of hydrogen-bond donors (Lipinski definition) is 1. The number of aromatic amines is 1. The van der Waals surface area contributed by atoms with Gasteiger partial charge < -0.3 is 9.15 Å². The first-order chi connectivity index (χ1) is 10.3. The van der Waals surface area contributed by atoms with E-state index in [1.807, 2.05) is 24.3 Å². The number of hydrogen-bond acceptors (Lipinski definition) is 5. The van der Waals surface area contributed by atoms with E-state index >= 15 is 0 Å². The highest BCUT2D eigenvalue weighted by molar-refractivity contribution is 7.71. The van der Waals surface area contributed by atoms with Gasteiger partial charge in [0.15, 0.2) is 0 Å². The van der Waals surface area contributed by atoms with E-state index in [4.69, 9.17) is 21.4 Å². The lowest BCUT2D eigenvalue weighted by Gasteiger charge is -2.24. The van der Waals surface area contributed by atoms with Crippen molar-refractivity contribution in [2.45, 2.75) is 0 Å². The van der Waals surface area contributed by atoms with Crippen LogP contribution in [0, 0.1) is 16.7 Å². The Morgan fingerprint density at radius 2 is 2.00 bits per heavy atom. The first-order valence-corrected chi connectivity index (χ1v) is 7.17. The quantitative estimate of drug-likeness (QED) is 0.680. The van der Waals surface area contributed by atoms with Crippen LogP contribution in [-0.4, -0.2) is 47.9 Å². The third-order valence-electron chi connectivity index (χ3n) is 3.21. The van der Waals surface area contributed by atoms with Gasteiger partial charge in [0.25, 0.3) is 4.84 Å². The van der Waals surface area contributed by atoms with Crippen LogP contribution in [-0.2, 0) is 4.74 Å². The Labute approximate surface area is 127 Å². The lowest BCUT2D eigenvalue weighted by Crippen LogP contribution is -2.36. The molecular weight excluding hydrogens is 286 g/mol. The van der Waals surface area contributed by atoms with E-state index in [-0.39, 0.29) is 4.84 Å². The summed E-state index contributed by atoms with van der Waals surface area (Å²) in [4.78, 5) is 2.57. The Hall–Kier alpha value is -1.94. The summed E-state index contributed by atoms with van der Waals surface area (Å²) in [5.74, 6) is 6.85. The van der Waals surface area contributed by atoms with Crippen LogP contribution in [0.3, 0.4) is 0 Å². The molecule has 0 bridgehead atoms. The number of ether oxygens (including phenoxy) is 1. The minimum atomic E-state index is 0.277. The molecule has 0 unspecified atom stereocenters. The van der Waals surface area contributed by atoms with Crippen molar-refractivity contribution in [1.82, 2.24) is 15.1 Å². The van der Waals surface area contributed by atoms with E-state index in [0.29, 0.717) is 5.89 Å². The molecule has 1 aromatic heterocycles. The zero-order valence-corrected chi connectivity index (χ0v) is 12.3. The van der Waals surface area contributed by atoms with Crippen molar-refractivity contribution in [2.24, 2.45) is 0 Å². The third-order valence-corrected chi connectivity index (χ3v) is 3.38. The second kappa shape index (κ2) is 6.68. The average molecular weight is 301 g/mol. The number of nitrogens with one attached hydrogen (secondary N) is 1. The maximum absolute atomic E-state index is 5.31. The standard InChI is InChI=1S/C15H15N3O2S/c21-15-17-16-14(20-15)13-5-3-12(4-6-13)2-1-7-18-8-10-19-11-9-18/h3-6H,7-11H2,(H,17,21). The van der Waals surface area contributed by atoms with E-state index < -0.39 is 0 Å². The van der Waals surface area contributed by atoms with Gasteiger partial charge in [-0.05, 0) is 36.5 Å². The number of nitrogens with zero attached hydrogens (tertiary/aromatic N) is 2. The minimum absolute atomic E-state index is 0.277. The largest absolute Gasteiger partial charge is 0.409 e. The Bertz CT molecular complexity index is 703. The first-order valence-electron chi connectivity index (χ1n) is 6.76. The van der Waals surface area contributed by atoms with Crippen molar-refractivity contribution in [2.75, 3.05) is 32.8 Å². The number of benzene rings is 1. The molecule has 5 nitrogen and oxygen atoms in total. The van der Waals surface area contributed by atoms with Crippen LogP contribution in [0.5, 0.6) is 0 Å². The van der Waals surface area contributed by atoms with E-state index in [1.54, 1.807) is 0 Å². The highest BCUT2D eigenvalue weighted by atomic mass is 32.1. The van der Waals surface area contributed by atoms with Gasteiger partial charge in [0.2, 0.25) is 5.89 Å².